The highest BCUT2D eigenvalue weighted by atomic mass is 35.5. The molecule has 0 fully saturated rings. The maximum Gasteiger partial charge on any atom is 0.205 e. The first-order valence-electron chi connectivity index (χ1n) is 6.90. The standard InChI is InChI=1S/C16H12ClFN2O2/c17-9-3-1-4-10(18)14(9)13-8(7-19)16(20)22-12-6-2-5-11(21)15(12)13/h1,3-4,8,13,20H,2,5-6H2. The molecule has 0 aromatic heterocycles. The Balaban J connectivity index is 2.26. The first-order valence-corrected chi connectivity index (χ1v) is 7.28. The molecule has 0 spiro atoms. The van der Waals surface area contributed by atoms with Crippen LogP contribution in [0.3, 0.4) is 0 Å². The van der Waals surface area contributed by atoms with Crippen molar-refractivity contribution in [3.8, 4) is 6.07 Å². The van der Waals surface area contributed by atoms with E-state index in [4.69, 9.17) is 21.7 Å². The summed E-state index contributed by atoms with van der Waals surface area (Å²) in [7, 11) is 0. The number of ketones is 1. The minimum absolute atomic E-state index is 0.0894. The fourth-order valence-corrected chi connectivity index (χ4v) is 3.33. The van der Waals surface area contributed by atoms with Crippen molar-refractivity contribution < 1.29 is 13.9 Å². The second-order valence-corrected chi connectivity index (χ2v) is 5.71. The zero-order chi connectivity index (χ0) is 15.9. The number of hydrogen-bond acceptors (Lipinski definition) is 4. The number of nitrogens with one attached hydrogen (secondary N) is 1. The Morgan fingerprint density at radius 3 is 2.86 bits per heavy atom. The molecule has 0 radical (unpaired) electrons. The second-order valence-electron chi connectivity index (χ2n) is 5.30. The molecule has 112 valence electrons. The molecule has 0 saturated heterocycles. The molecular weight excluding hydrogens is 307 g/mol. The Morgan fingerprint density at radius 1 is 1.41 bits per heavy atom. The molecule has 1 aliphatic heterocycles. The second kappa shape index (κ2) is 5.54. The van der Waals surface area contributed by atoms with E-state index in [1.807, 2.05) is 6.07 Å². The quantitative estimate of drug-likeness (QED) is 0.857. The van der Waals surface area contributed by atoms with Crippen molar-refractivity contribution in [2.75, 3.05) is 0 Å². The molecule has 2 aliphatic rings. The van der Waals surface area contributed by atoms with Gasteiger partial charge >= 0.3 is 0 Å². The van der Waals surface area contributed by atoms with Crippen molar-refractivity contribution in [2.45, 2.75) is 25.2 Å². The third kappa shape index (κ3) is 2.20. The third-order valence-electron chi connectivity index (χ3n) is 4.02. The summed E-state index contributed by atoms with van der Waals surface area (Å²) in [5.74, 6) is -2.59. The fraction of sp³-hybridized carbons (Fsp3) is 0.312. The smallest absolute Gasteiger partial charge is 0.205 e. The van der Waals surface area contributed by atoms with Gasteiger partial charge in [-0.15, -0.1) is 0 Å². The Labute approximate surface area is 131 Å². The van der Waals surface area contributed by atoms with Gasteiger partial charge in [-0.05, 0) is 18.6 Å². The van der Waals surface area contributed by atoms with Crippen LogP contribution in [0.2, 0.25) is 5.02 Å². The Morgan fingerprint density at radius 2 is 2.18 bits per heavy atom. The largest absolute Gasteiger partial charge is 0.446 e. The van der Waals surface area contributed by atoms with Crippen LogP contribution in [-0.4, -0.2) is 11.7 Å². The average Bonchev–Trinajstić information content (AvgIpc) is 2.46. The number of ether oxygens (including phenoxy) is 1. The first-order chi connectivity index (χ1) is 10.5. The fourth-order valence-electron chi connectivity index (χ4n) is 3.05. The van der Waals surface area contributed by atoms with Gasteiger partial charge in [0, 0.05) is 34.9 Å². The van der Waals surface area contributed by atoms with Crippen molar-refractivity contribution in [2.24, 2.45) is 5.92 Å². The predicted molar refractivity (Wildman–Crippen MR) is 77.9 cm³/mol. The number of benzene rings is 1. The molecule has 0 amide bonds. The van der Waals surface area contributed by atoms with E-state index < -0.39 is 17.7 Å². The Bertz CT molecular complexity index is 731. The minimum atomic E-state index is -1.06. The molecule has 0 bridgehead atoms. The summed E-state index contributed by atoms with van der Waals surface area (Å²) >= 11 is 6.12. The summed E-state index contributed by atoms with van der Waals surface area (Å²) in [6.45, 7) is 0. The van der Waals surface area contributed by atoms with Gasteiger partial charge in [0.05, 0.1) is 6.07 Å². The van der Waals surface area contributed by atoms with Crippen molar-refractivity contribution in [3.05, 3.63) is 45.9 Å². The predicted octanol–water partition coefficient (Wildman–Crippen LogP) is 3.72. The number of nitrogens with zero attached hydrogens (tertiary/aromatic N) is 1. The molecular formula is C16H12ClFN2O2. The maximum absolute atomic E-state index is 14.3. The van der Waals surface area contributed by atoms with Gasteiger partial charge < -0.3 is 4.74 Å². The highest BCUT2D eigenvalue weighted by Crippen LogP contribution is 2.45. The molecule has 3 rings (SSSR count). The summed E-state index contributed by atoms with van der Waals surface area (Å²) < 4.78 is 19.7. The van der Waals surface area contributed by atoms with E-state index in [0.717, 1.165) is 0 Å². The number of carbonyl (C=O) groups excluding carboxylic acids is 1. The van der Waals surface area contributed by atoms with Crippen LogP contribution in [0.4, 0.5) is 4.39 Å². The molecule has 2 atom stereocenters. The zero-order valence-electron chi connectivity index (χ0n) is 11.5. The lowest BCUT2D eigenvalue weighted by atomic mass is 9.74. The number of nitriles is 1. The number of halogens is 2. The lowest BCUT2D eigenvalue weighted by molar-refractivity contribution is -0.116. The molecule has 1 aromatic carbocycles. The monoisotopic (exact) mass is 318 g/mol. The molecule has 6 heteroatoms. The SMILES string of the molecule is N#CC1C(=N)OC2=C(C(=O)CCC2)C1c1c(F)cccc1Cl. The normalized spacial score (nSPS) is 24.6. The van der Waals surface area contributed by atoms with E-state index >= 15 is 0 Å². The molecule has 1 aromatic rings. The van der Waals surface area contributed by atoms with Crippen LogP contribution < -0.4 is 0 Å². The number of Topliss-reactive ketones (excluding diaryl/α,β-unsaturated/α-hetero) is 1. The Hall–Kier alpha value is -2.19. The van der Waals surface area contributed by atoms with Crippen LogP contribution >= 0.6 is 11.6 Å². The van der Waals surface area contributed by atoms with Crippen LogP contribution in [0.25, 0.3) is 0 Å². The Kier molecular flexibility index (Phi) is 3.71. The van der Waals surface area contributed by atoms with Gasteiger partial charge in [-0.1, -0.05) is 17.7 Å². The molecule has 0 saturated carbocycles. The maximum atomic E-state index is 14.3. The van der Waals surface area contributed by atoms with Gasteiger partial charge in [-0.25, -0.2) is 4.39 Å². The third-order valence-corrected chi connectivity index (χ3v) is 4.35. The molecule has 1 N–H and O–H groups in total. The zero-order valence-corrected chi connectivity index (χ0v) is 12.3. The topological polar surface area (TPSA) is 73.9 Å². The van der Waals surface area contributed by atoms with Gasteiger partial charge in [-0.3, -0.25) is 10.2 Å². The van der Waals surface area contributed by atoms with Gasteiger partial charge in [-0.2, -0.15) is 5.26 Å². The molecule has 1 heterocycles. The number of allylic oxidation sites excluding steroid dienone is 2. The van der Waals surface area contributed by atoms with Gasteiger partial charge in [0.1, 0.15) is 17.5 Å². The first kappa shape index (κ1) is 14.7. The number of hydrogen-bond donors (Lipinski definition) is 1. The lowest BCUT2D eigenvalue weighted by Crippen LogP contribution is -2.35. The van der Waals surface area contributed by atoms with Gasteiger partial charge in [0.25, 0.3) is 0 Å². The van der Waals surface area contributed by atoms with E-state index in [0.29, 0.717) is 30.6 Å². The molecule has 1 aliphatic carbocycles. The number of rotatable bonds is 1. The van der Waals surface area contributed by atoms with E-state index in [1.54, 1.807) is 0 Å². The summed E-state index contributed by atoms with van der Waals surface area (Å²) in [6, 6.07) is 6.17. The van der Waals surface area contributed by atoms with Crippen LogP contribution in [0, 0.1) is 28.5 Å². The minimum Gasteiger partial charge on any atom is -0.446 e. The molecule has 22 heavy (non-hydrogen) atoms. The molecule has 4 nitrogen and oxygen atoms in total. The van der Waals surface area contributed by atoms with E-state index in [2.05, 4.69) is 0 Å². The van der Waals surface area contributed by atoms with Crippen molar-refractivity contribution >= 4 is 23.3 Å². The highest BCUT2D eigenvalue weighted by molar-refractivity contribution is 6.31. The summed E-state index contributed by atoms with van der Waals surface area (Å²) in [6.07, 6.45) is 1.46. The van der Waals surface area contributed by atoms with E-state index in [-0.39, 0.29) is 22.3 Å². The van der Waals surface area contributed by atoms with Crippen LogP contribution in [0.1, 0.15) is 30.7 Å². The lowest BCUT2D eigenvalue weighted by Gasteiger charge is -2.34. The van der Waals surface area contributed by atoms with Crippen LogP contribution in [-0.2, 0) is 9.53 Å². The number of carbonyl (C=O) groups is 1. The van der Waals surface area contributed by atoms with Crippen LogP contribution in [0.5, 0.6) is 0 Å². The van der Waals surface area contributed by atoms with Crippen molar-refractivity contribution in [1.82, 2.24) is 0 Å². The molecule has 2 unspecified atom stereocenters. The van der Waals surface area contributed by atoms with Gasteiger partial charge in [0.2, 0.25) is 5.90 Å². The average molecular weight is 319 g/mol. The summed E-state index contributed by atoms with van der Waals surface area (Å²) in [5, 5.41) is 17.4. The summed E-state index contributed by atoms with van der Waals surface area (Å²) in [5.41, 5.74) is 0.382. The van der Waals surface area contributed by atoms with E-state index in [9.17, 15) is 14.4 Å². The van der Waals surface area contributed by atoms with Gasteiger partial charge in [0.15, 0.2) is 5.78 Å². The van der Waals surface area contributed by atoms with Crippen molar-refractivity contribution in [3.63, 3.8) is 0 Å². The van der Waals surface area contributed by atoms with Crippen LogP contribution in [0.15, 0.2) is 29.5 Å². The highest BCUT2D eigenvalue weighted by Gasteiger charge is 2.44. The summed E-state index contributed by atoms with van der Waals surface area (Å²) in [4.78, 5) is 12.3. The van der Waals surface area contributed by atoms with E-state index in [1.165, 1.54) is 18.2 Å². The van der Waals surface area contributed by atoms with Crippen molar-refractivity contribution in [1.29, 1.82) is 10.7 Å².